The zero-order valence-electron chi connectivity index (χ0n) is 36.9. The molecule has 0 atom stereocenters. The summed E-state index contributed by atoms with van der Waals surface area (Å²) in [5, 5.41) is 2.12. The highest BCUT2D eigenvalue weighted by molar-refractivity contribution is 7.80. The van der Waals surface area contributed by atoms with Crippen LogP contribution in [-0.2, 0) is 56.0 Å². The van der Waals surface area contributed by atoms with Gasteiger partial charge in [0.25, 0.3) is 0 Å². The molecular formula is C48H26BF24NS2. The molecule has 0 aliphatic heterocycles. The molecule has 0 amide bonds. The van der Waals surface area contributed by atoms with Crippen molar-refractivity contribution in [2.24, 2.45) is 0 Å². The van der Waals surface area contributed by atoms with Crippen LogP contribution in [0.5, 0.6) is 0 Å². The molecule has 0 N–H and O–H groups in total. The van der Waals surface area contributed by atoms with E-state index in [1.807, 2.05) is 24.3 Å². The van der Waals surface area contributed by atoms with Crippen molar-refractivity contribution < 1.29 is 110 Å². The summed E-state index contributed by atoms with van der Waals surface area (Å²) in [5.74, 6) is 0. The second-order valence-corrected chi connectivity index (χ2v) is 17.6. The predicted molar refractivity (Wildman–Crippen MR) is 234 cm³/mol. The van der Waals surface area contributed by atoms with E-state index in [4.69, 9.17) is 0 Å². The van der Waals surface area contributed by atoms with E-state index in [-0.39, 0.29) is 0 Å². The van der Waals surface area contributed by atoms with Crippen molar-refractivity contribution in [1.82, 2.24) is 0 Å². The maximum atomic E-state index is 14.2. The zero-order chi connectivity index (χ0) is 57.2. The third-order valence-electron chi connectivity index (χ3n) is 11.6. The van der Waals surface area contributed by atoms with Gasteiger partial charge in [0.05, 0.1) is 49.4 Å². The molecular weight excluding hydrogens is 1120 g/mol. The van der Waals surface area contributed by atoms with Crippen molar-refractivity contribution in [3.05, 3.63) is 184 Å². The molecule has 0 aliphatic rings. The predicted octanol–water partition coefficient (Wildman–Crippen LogP) is 15.0. The first-order valence-corrected chi connectivity index (χ1v) is 21.6. The zero-order valence-corrected chi connectivity index (χ0v) is 38.7. The van der Waals surface area contributed by atoms with Crippen LogP contribution >= 0.6 is 25.3 Å². The lowest BCUT2D eigenvalue weighted by atomic mass is 9.12. The molecule has 1 nitrogen and oxygen atoms in total. The van der Waals surface area contributed by atoms with Crippen LogP contribution in [0.4, 0.5) is 105 Å². The number of halogens is 24. The van der Waals surface area contributed by atoms with Crippen molar-refractivity contribution in [2.45, 2.75) is 65.9 Å². The summed E-state index contributed by atoms with van der Waals surface area (Å²) in [5.41, 5.74) is -27.8. The summed E-state index contributed by atoms with van der Waals surface area (Å²) in [6, 6.07) is 11.8. The van der Waals surface area contributed by atoms with Gasteiger partial charge in [0.1, 0.15) is 6.15 Å². The van der Waals surface area contributed by atoms with E-state index in [9.17, 15) is 105 Å². The highest BCUT2D eigenvalue weighted by Crippen LogP contribution is 2.41. The number of thiol groups is 2. The first-order valence-electron chi connectivity index (χ1n) is 20.7. The molecule has 7 aromatic rings. The summed E-state index contributed by atoms with van der Waals surface area (Å²) in [4.78, 5) is 0.976. The lowest BCUT2D eigenvalue weighted by Gasteiger charge is -2.46. The number of alkyl halides is 24. The number of hydrogen-bond donors (Lipinski definition) is 2. The molecule has 0 unspecified atom stereocenters. The standard InChI is InChI=1S/C32H12BF24.C16H13NS2/c34-25(35,36)13-1-14(26(37,38)39)6-21(5-13)33(22-7-15(27(40,41)42)2-16(8-22)28(43,44)45,23-9-17(29(46,47)48)3-18(10-23)30(49,50)51)24-11-19(31(52,53)54)4-20(12-24)32(55,56)57;18-14-8-4-7-13-9-10-15(19)17(16(13)14)11-12-5-2-1-3-6-12/h1-12H;1-10,18H,11H2/q-1;/p+1. The Labute approximate surface area is 422 Å². The summed E-state index contributed by atoms with van der Waals surface area (Å²) in [7, 11) is 0. The number of pyridine rings is 1. The van der Waals surface area contributed by atoms with E-state index in [0.29, 0.717) is 0 Å². The molecule has 6 aromatic carbocycles. The number of nitrogens with zero attached hydrogens (tertiary/aromatic N) is 1. The number of rotatable bonds is 6. The molecule has 0 spiro atoms. The van der Waals surface area contributed by atoms with Gasteiger partial charge >= 0.3 is 49.4 Å². The van der Waals surface area contributed by atoms with Crippen LogP contribution in [0.3, 0.4) is 0 Å². The lowest BCUT2D eigenvalue weighted by Crippen LogP contribution is -2.75. The topological polar surface area (TPSA) is 3.88 Å². The first-order chi connectivity index (χ1) is 34.5. The number of benzene rings is 6. The van der Waals surface area contributed by atoms with Crippen molar-refractivity contribution in [2.75, 3.05) is 0 Å². The molecule has 0 radical (unpaired) electrons. The van der Waals surface area contributed by atoms with Crippen molar-refractivity contribution in [3.63, 3.8) is 0 Å². The average Bonchev–Trinajstić information content (AvgIpc) is 3.28. The van der Waals surface area contributed by atoms with Gasteiger partial charge in [-0.05, 0) is 42.5 Å². The smallest absolute Gasteiger partial charge is 0.194 e. The SMILES string of the molecule is FC(F)(F)c1cc([B-](c2cc(C(F)(F)F)cc(C(F)(F)F)c2)(c2cc(C(F)(F)F)cc(C(F)(F)F)c2)c2cc(C(F)(F)F)cc(C(F)(F)F)c2)cc(C(F)(F)F)c1.Sc1cccc2ccc(S)[n+](Cc3ccccc3)c12. The number of aromatic nitrogens is 1. The Kier molecular flexibility index (Phi) is 15.8. The van der Waals surface area contributed by atoms with Gasteiger partial charge in [0.2, 0.25) is 10.5 Å². The van der Waals surface area contributed by atoms with E-state index >= 15 is 0 Å². The fourth-order valence-corrected chi connectivity index (χ4v) is 8.92. The van der Waals surface area contributed by atoms with E-state index in [0.717, 1.165) is 22.0 Å². The Morgan fingerprint density at radius 3 is 0.855 bits per heavy atom. The minimum absolute atomic E-state index is 0.691. The third-order valence-corrected chi connectivity index (χ3v) is 12.4. The number of para-hydroxylation sites is 1. The quantitative estimate of drug-likeness (QED) is 0.0708. The highest BCUT2D eigenvalue weighted by atomic mass is 32.1. The van der Waals surface area contributed by atoms with Gasteiger partial charge in [-0.2, -0.15) is 132 Å². The Hall–Kier alpha value is -6.19. The molecule has 28 heteroatoms. The molecule has 0 bridgehead atoms. The van der Waals surface area contributed by atoms with Crippen molar-refractivity contribution in [3.8, 4) is 0 Å². The van der Waals surface area contributed by atoms with Crippen LogP contribution < -0.4 is 26.4 Å². The van der Waals surface area contributed by atoms with Gasteiger partial charge < -0.3 is 0 Å². The molecule has 1 heterocycles. The third kappa shape index (κ3) is 13.0. The Morgan fingerprint density at radius 2 is 0.592 bits per heavy atom. The van der Waals surface area contributed by atoms with Crippen LogP contribution in [0.25, 0.3) is 10.9 Å². The lowest BCUT2D eigenvalue weighted by molar-refractivity contribution is -0.700. The van der Waals surface area contributed by atoms with E-state index in [2.05, 4.69) is 66.2 Å². The Morgan fingerprint density at radius 1 is 0.316 bits per heavy atom. The van der Waals surface area contributed by atoms with Crippen molar-refractivity contribution in [1.29, 1.82) is 0 Å². The Balaban J connectivity index is 0.000000408. The Bertz CT molecular complexity index is 2820. The van der Waals surface area contributed by atoms with E-state index in [1.165, 1.54) is 10.9 Å². The van der Waals surface area contributed by atoms with Gasteiger partial charge in [-0.15, -0.1) is 12.6 Å². The van der Waals surface area contributed by atoms with Crippen molar-refractivity contribution >= 4 is 64.2 Å². The van der Waals surface area contributed by atoms with Gasteiger partial charge in [-0.3, -0.25) is 0 Å². The van der Waals surface area contributed by atoms with Gasteiger partial charge in [0.15, 0.2) is 6.54 Å². The van der Waals surface area contributed by atoms with Crippen LogP contribution in [0, 0.1) is 0 Å². The largest absolute Gasteiger partial charge is 0.416 e. The fraction of sp³-hybridized carbons (Fsp3) is 0.188. The molecule has 0 fully saturated rings. The molecule has 0 saturated carbocycles. The molecule has 0 aliphatic carbocycles. The number of hydrogen-bond acceptors (Lipinski definition) is 2. The second-order valence-electron chi connectivity index (χ2n) is 16.7. The minimum Gasteiger partial charge on any atom is -0.194 e. The van der Waals surface area contributed by atoms with Crippen LogP contribution in [0.15, 0.2) is 143 Å². The summed E-state index contributed by atoms with van der Waals surface area (Å²) >= 11 is 9.16. The molecule has 406 valence electrons. The molecule has 7 rings (SSSR count). The van der Waals surface area contributed by atoms with Gasteiger partial charge in [-0.25, -0.2) is 0 Å². The second kappa shape index (κ2) is 20.3. The van der Waals surface area contributed by atoms with E-state index < -0.39 is 195 Å². The van der Waals surface area contributed by atoms with E-state index in [1.54, 1.807) is 0 Å². The molecule has 1 aromatic heterocycles. The summed E-state index contributed by atoms with van der Waals surface area (Å²) in [6.07, 6.45) is -54.8. The summed E-state index contributed by atoms with van der Waals surface area (Å²) in [6.45, 7) is 0.800. The van der Waals surface area contributed by atoms with Crippen LogP contribution in [0.2, 0.25) is 0 Å². The maximum Gasteiger partial charge on any atom is 0.416 e. The average molecular weight is 1150 g/mol. The first kappa shape index (κ1) is 59.1. The minimum atomic E-state index is -6.13. The van der Waals surface area contributed by atoms with Gasteiger partial charge in [0, 0.05) is 17.0 Å². The van der Waals surface area contributed by atoms with Gasteiger partial charge in [-0.1, -0.05) is 97.6 Å². The monoisotopic (exact) mass is 1150 g/mol. The highest BCUT2D eigenvalue weighted by Gasteiger charge is 2.47. The normalized spacial score (nSPS) is 13.4. The molecule has 0 saturated heterocycles. The summed E-state index contributed by atoms with van der Waals surface area (Å²) < 4.78 is 343. The number of fused-ring (bicyclic) bond motifs is 1. The van der Waals surface area contributed by atoms with Crippen LogP contribution in [-0.4, -0.2) is 6.15 Å². The maximum absolute atomic E-state index is 14.2. The van der Waals surface area contributed by atoms with Crippen LogP contribution in [0.1, 0.15) is 50.1 Å². The fourth-order valence-electron chi connectivity index (χ4n) is 8.34. The molecule has 76 heavy (non-hydrogen) atoms.